The van der Waals surface area contributed by atoms with Crippen molar-refractivity contribution in [3.05, 3.63) is 16.1 Å². The van der Waals surface area contributed by atoms with Crippen LogP contribution in [0.3, 0.4) is 0 Å². The lowest BCUT2D eigenvalue weighted by molar-refractivity contribution is -0.132. The lowest BCUT2D eigenvalue weighted by Crippen LogP contribution is -2.38. The normalized spacial score (nSPS) is 12.6. The lowest BCUT2D eigenvalue weighted by Gasteiger charge is -2.12. The fourth-order valence-electron chi connectivity index (χ4n) is 1.40. The molecular formula is C12H19F3N4S. The van der Waals surface area contributed by atoms with E-state index in [1.807, 2.05) is 13.8 Å². The van der Waals surface area contributed by atoms with Gasteiger partial charge in [-0.15, -0.1) is 11.3 Å². The third-order valence-electron chi connectivity index (χ3n) is 2.37. The van der Waals surface area contributed by atoms with Crippen LogP contribution in [0.2, 0.25) is 0 Å². The summed E-state index contributed by atoms with van der Waals surface area (Å²) in [6, 6.07) is 0. The number of hydrogen-bond acceptors (Lipinski definition) is 3. The summed E-state index contributed by atoms with van der Waals surface area (Å²) in [5.74, 6) is 0.380. The molecule has 114 valence electrons. The van der Waals surface area contributed by atoms with Gasteiger partial charge in [0.05, 0.1) is 13.0 Å². The highest BCUT2D eigenvalue weighted by Crippen LogP contribution is 2.18. The predicted molar refractivity (Wildman–Crippen MR) is 75.0 cm³/mol. The fraction of sp³-hybridized carbons (Fsp3) is 0.667. The molecule has 20 heavy (non-hydrogen) atoms. The number of rotatable bonds is 6. The van der Waals surface area contributed by atoms with Gasteiger partial charge in [-0.25, -0.2) is 9.98 Å². The Labute approximate surface area is 120 Å². The highest BCUT2D eigenvalue weighted by Gasteiger charge is 2.26. The molecule has 0 bridgehead atoms. The number of aromatic nitrogens is 1. The first kappa shape index (κ1) is 16.7. The molecule has 0 atom stereocenters. The zero-order valence-electron chi connectivity index (χ0n) is 11.5. The van der Waals surface area contributed by atoms with E-state index in [1.54, 1.807) is 17.5 Å². The minimum Gasteiger partial charge on any atom is -0.357 e. The minimum atomic E-state index is -4.16. The Balaban J connectivity index is 2.49. The first-order chi connectivity index (χ1) is 9.44. The maximum Gasteiger partial charge on any atom is 0.390 e. The number of nitrogens with zero attached hydrogens (tertiary/aromatic N) is 2. The molecule has 0 amide bonds. The summed E-state index contributed by atoms with van der Waals surface area (Å²) in [6.45, 7) is 4.68. The summed E-state index contributed by atoms with van der Waals surface area (Å²) >= 11 is 1.57. The molecule has 1 heterocycles. The topological polar surface area (TPSA) is 49.3 Å². The number of aryl methyl sites for hydroxylation is 1. The average Bonchev–Trinajstić information content (AvgIpc) is 2.82. The van der Waals surface area contributed by atoms with Crippen LogP contribution in [0.4, 0.5) is 13.2 Å². The van der Waals surface area contributed by atoms with Crippen molar-refractivity contribution >= 4 is 17.3 Å². The summed E-state index contributed by atoms with van der Waals surface area (Å²) in [4.78, 5) is 9.61. The van der Waals surface area contributed by atoms with Crippen molar-refractivity contribution in [2.45, 2.75) is 39.4 Å². The molecule has 0 saturated carbocycles. The summed E-state index contributed by atoms with van der Waals surface area (Å²) in [6.07, 6.45) is -2.31. The second-order valence-electron chi connectivity index (χ2n) is 4.06. The van der Waals surface area contributed by atoms with Crippen molar-refractivity contribution in [2.24, 2.45) is 4.99 Å². The van der Waals surface area contributed by atoms with E-state index >= 15 is 0 Å². The first-order valence-corrected chi connectivity index (χ1v) is 7.28. The van der Waals surface area contributed by atoms with Crippen LogP contribution in [0.25, 0.3) is 0 Å². The molecule has 0 unspecified atom stereocenters. The van der Waals surface area contributed by atoms with Crippen molar-refractivity contribution in [1.29, 1.82) is 0 Å². The number of thiazole rings is 1. The van der Waals surface area contributed by atoms with Crippen LogP contribution < -0.4 is 10.6 Å². The fourth-order valence-corrected chi connectivity index (χ4v) is 2.18. The minimum absolute atomic E-state index is 0.187. The van der Waals surface area contributed by atoms with Crippen molar-refractivity contribution in [1.82, 2.24) is 15.6 Å². The quantitative estimate of drug-likeness (QED) is 0.627. The highest BCUT2D eigenvalue weighted by atomic mass is 32.1. The van der Waals surface area contributed by atoms with Crippen molar-refractivity contribution < 1.29 is 13.2 Å². The van der Waals surface area contributed by atoms with E-state index in [9.17, 15) is 13.2 Å². The Morgan fingerprint density at radius 1 is 1.35 bits per heavy atom. The van der Waals surface area contributed by atoms with Gasteiger partial charge < -0.3 is 10.6 Å². The third-order valence-corrected chi connectivity index (χ3v) is 3.49. The smallest absolute Gasteiger partial charge is 0.357 e. The second kappa shape index (κ2) is 8.08. The molecule has 0 saturated heterocycles. The zero-order chi connectivity index (χ0) is 15.0. The van der Waals surface area contributed by atoms with Crippen LogP contribution in [0.5, 0.6) is 0 Å². The molecule has 1 aromatic rings. The molecule has 0 aromatic carbocycles. The average molecular weight is 308 g/mol. The number of aliphatic imine (C=N–C) groups is 1. The Hall–Kier alpha value is -1.31. The van der Waals surface area contributed by atoms with Gasteiger partial charge in [0, 0.05) is 24.2 Å². The summed E-state index contributed by atoms with van der Waals surface area (Å²) in [5.41, 5.74) is 0. The van der Waals surface area contributed by atoms with Gasteiger partial charge in [0.25, 0.3) is 0 Å². The van der Waals surface area contributed by atoms with Crippen LogP contribution in [-0.4, -0.2) is 30.2 Å². The Bertz CT molecular complexity index is 429. The van der Waals surface area contributed by atoms with Gasteiger partial charge in [-0.2, -0.15) is 13.2 Å². The molecule has 1 aromatic heterocycles. The van der Waals surface area contributed by atoms with Crippen molar-refractivity contribution in [3.8, 4) is 0 Å². The van der Waals surface area contributed by atoms with Crippen LogP contribution in [0.15, 0.2) is 11.2 Å². The second-order valence-corrected chi connectivity index (χ2v) is 5.26. The molecule has 0 spiro atoms. The van der Waals surface area contributed by atoms with Crippen LogP contribution in [0, 0.1) is 0 Å². The van der Waals surface area contributed by atoms with E-state index in [1.165, 1.54) is 4.88 Å². The Kier molecular flexibility index (Phi) is 6.77. The monoisotopic (exact) mass is 308 g/mol. The van der Waals surface area contributed by atoms with Gasteiger partial charge in [0.2, 0.25) is 0 Å². The van der Waals surface area contributed by atoms with Crippen LogP contribution in [0.1, 0.15) is 30.2 Å². The number of nitrogens with one attached hydrogen (secondary N) is 2. The number of alkyl halides is 3. The molecule has 8 heteroatoms. The molecule has 0 aliphatic heterocycles. The Morgan fingerprint density at radius 2 is 2.10 bits per heavy atom. The molecule has 0 aliphatic rings. The third kappa shape index (κ3) is 6.74. The Morgan fingerprint density at radius 3 is 2.65 bits per heavy atom. The number of halogens is 3. The number of hydrogen-bond donors (Lipinski definition) is 2. The van der Waals surface area contributed by atoms with Crippen molar-refractivity contribution in [3.63, 3.8) is 0 Å². The zero-order valence-corrected chi connectivity index (χ0v) is 12.4. The highest BCUT2D eigenvalue weighted by molar-refractivity contribution is 7.11. The lowest BCUT2D eigenvalue weighted by atomic mass is 10.4. The molecular weight excluding hydrogens is 289 g/mol. The summed E-state index contributed by atoms with van der Waals surface area (Å²) in [7, 11) is 0. The summed E-state index contributed by atoms with van der Waals surface area (Å²) < 4.78 is 36.2. The van der Waals surface area contributed by atoms with Gasteiger partial charge in [0.15, 0.2) is 5.96 Å². The predicted octanol–water partition coefficient (Wildman–Crippen LogP) is 2.71. The first-order valence-electron chi connectivity index (χ1n) is 6.47. The molecule has 1 rings (SSSR count). The molecule has 0 aliphatic carbocycles. The van der Waals surface area contributed by atoms with Gasteiger partial charge in [-0.05, 0) is 13.3 Å². The van der Waals surface area contributed by atoms with Gasteiger partial charge in [-0.3, -0.25) is 0 Å². The van der Waals surface area contributed by atoms with E-state index in [0.29, 0.717) is 19.0 Å². The van der Waals surface area contributed by atoms with Crippen LogP contribution >= 0.6 is 11.3 Å². The van der Waals surface area contributed by atoms with E-state index in [-0.39, 0.29) is 6.54 Å². The maximum absolute atomic E-state index is 12.1. The van der Waals surface area contributed by atoms with Gasteiger partial charge >= 0.3 is 6.18 Å². The van der Waals surface area contributed by atoms with E-state index in [2.05, 4.69) is 20.6 Å². The molecule has 2 N–H and O–H groups in total. The number of guanidine groups is 1. The summed E-state index contributed by atoms with van der Waals surface area (Å²) in [5, 5.41) is 6.43. The standard InChI is InChI=1S/C12H19F3N4S/c1-3-9-7-18-10(20-9)8-19-11(16-4-2)17-6-5-12(13,14)15/h7H,3-6,8H2,1-2H3,(H2,16,17,19). The van der Waals surface area contributed by atoms with Gasteiger partial charge in [-0.1, -0.05) is 6.92 Å². The van der Waals surface area contributed by atoms with E-state index < -0.39 is 12.6 Å². The van der Waals surface area contributed by atoms with Gasteiger partial charge in [0.1, 0.15) is 5.01 Å². The van der Waals surface area contributed by atoms with Crippen LogP contribution in [-0.2, 0) is 13.0 Å². The maximum atomic E-state index is 12.1. The van der Waals surface area contributed by atoms with E-state index in [4.69, 9.17) is 0 Å². The van der Waals surface area contributed by atoms with Crippen molar-refractivity contribution in [2.75, 3.05) is 13.1 Å². The largest absolute Gasteiger partial charge is 0.390 e. The molecule has 0 radical (unpaired) electrons. The molecule has 0 fully saturated rings. The molecule has 4 nitrogen and oxygen atoms in total. The van der Waals surface area contributed by atoms with E-state index in [0.717, 1.165) is 11.4 Å². The SMILES string of the molecule is CCNC(=NCc1ncc(CC)s1)NCCC(F)(F)F.